The van der Waals surface area contributed by atoms with Crippen molar-refractivity contribution in [3.8, 4) is 34.1 Å². The van der Waals surface area contributed by atoms with Crippen LogP contribution in [-0.4, -0.2) is 4.57 Å². The van der Waals surface area contributed by atoms with Crippen molar-refractivity contribution in [1.29, 1.82) is 0 Å². The SMILES string of the molecule is Cn1c2cc3c(cc2c2cc4c(cc21)C(C)(C)c1ccccc1-4)C#CCc1ccccc1-3. The summed E-state index contributed by atoms with van der Waals surface area (Å²) < 4.78 is 2.37. The average Bonchev–Trinajstić information content (AvgIpc) is 3.10. The molecule has 152 valence electrons. The highest BCUT2D eigenvalue weighted by molar-refractivity contribution is 6.12. The number of fused-ring (bicyclic) bond motifs is 9. The van der Waals surface area contributed by atoms with Crippen molar-refractivity contribution in [2.45, 2.75) is 25.7 Å². The quantitative estimate of drug-likeness (QED) is 0.238. The van der Waals surface area contributed by atoms with Crippen LogP contribution in [0.25, 0.3) is 44.1 Å². The molecule has 2 aliphatic rings. The Labute approximate surface area is 188 Å². The first-order chi connectivity index (χ1) is 15.5. The van der Waals surface area contributed by atoms with Gasteiger partial charge in [-0.15, -0.1) is 0 Å². The second-order valence-corrected chi connectivity index (χ2v) is 9.70. The third-order valence-corrected chi connectivity index (χ3v) is 7.66. The molecule has 0 radical (unpaired) electrons. The summed E-state index contributed by atoms with van der Waals surface area (Å²) in [5.74, 6) is 6.85. The van der Waals surface area contributed by atoms with Crippen LogP contribution in [0.5, 0.6) is 0 Å². The lowest BCUT2D eigenvalue weighted by Gasteiger charge is -2.21. The van der Waals surface area contributed by atoms with Crippen LogP contribution in [0.4, 0.5) is 0 Å². The van der Waals surface area contributed by atoms with Crippen LogP contribution >= 0.6 is 0 Å². The Kier molecular flexibility index (Phi) is 3.31. The molecule has 1 heteroatoms. The van der Waals surface area contributed by atoms with Crippen LogP contribution in [-0.2, 0) is 18.9 Å². The summed E-state index contributed by atoms with van der Waals surface area (Å²) in [4.78, 5) is 0. The predicted molar refractivity (Wildman–Crippen MR) is 134 cm³/mol. The van der Waals surface area contributed by atoms with Crippen molar-refractivity contribution in [3.63, 3.8) is 0 Å². The van der Waals surface area contributed by atoms with Crippen LogP contribution in [0, 0.1) is 11.8 Å². The predicted octanol–water partition coefficient (Wildman–Crippen LogP) is 7.21. The van der Waals surface area contributed by atoms with Gasteiger partial charge in [0.2, 0.25) is 0 Å². The second-order valence-electron chi connectivity index (χ2n) is 9.70. The normalized spacial score (nSPS) is 14.8. The van der Waals surface area contributed by atoms with Gasteiger partial charge in [-0.1, -0.05) is 74.2 Å². The van der Waals surface area contributed by atoms with Crippen LogP contribution in [0.2, 0.25) is 0 Å². The topological polar surface area (TPSA) is 4.93 Å². The van der Waals surface area contributed by atoms with E-state index in [4.69, 9.17) is 0 Å². The Balaban J connectivity index is 1.58. The first-order valence-electron chi connectivity index (χ1n) is 11.3. The van der Waals surface area contributed by atoms with Gasteiger partial charge in [0, 0.05) is 46.3 Å². The Bertz CT molecular complexity index is 1680. The fourth-order valence-electron chi connectivity index (χ4n) is 5.94. The molecule has 0 atom stereocenters. The molecule has 0 spiro atoms. The maximum Gasteiger partial charge on any atom is 0.0495 e. The van der Waals surface area contributed by atoms with Crippen molar-refractivity contribution in [1.82, 2.24) is 4.57 Å². The third kappa shape index (κ3) is 2.15. The molecule has 0 bridgehead atoms. The van der Waals surface area contributed by atoms with Crippen molar-refractivity contribution in [3.05, 3.63) is 95.1 Å². The van der Waals surface area contributed by atoms with E-state index in [0.717, 1.165) is 12.0 Å². The van der Waals surface area contributed by atoms with Gasteiger partial charge in [0.15, 0.2) is 0 Å². The van der Waals surface area contributed by atoms with E-state index in [0.29, 0.717) is 0 Å². The molecule has 0 amide bonds. The maximum atomic E-state index is 3.46. The zero-order valence-electron chi connectivity index (χ0n) is 18.6. The van der Waals surface area contributed by atoms with Crippen LogP contribution < -0.4 is 0 Å². The molecule has 0 unspecified atom stereocenters. The molecule has 7 rings (SSSR count). The number of hydrogen-bond acceptors (Lipinski definition) is 0. The van der Waals surface area contributed by atoms with Crippen molar-refractivity contribution in [2.24, 2.45) is 7.05 Å². The van der Waals surface area contributed by atoms with Gasteiger partial charge >= 0.3 is 0 Å². The Morgan fingerprint density at radius 3 is 2.31 bits per heavy atom. The van der Waals surface area contributed by atoms with Gasteiger partial charge in [0.1, 0.15) is 0 Å². The van der Waals surface area contributed by atoms with Crippen molar-refractivity contribution < 1.29 is 0 Å². The first kappa shape index (κ1) is 17.9. The molecule has 0 saturated heterocycles. The van der Waals surface area contributed by atoms with Crippen LogP contribution in [0.3, 0.4) is 0 Å². The Hall–Kier alpha value is -3.76. The van der Waals surface area contributed by atoms with E-state index < -0.39 is 0 Å². The number of aromatic nitrogens is 1. The monoisotopic (exact) mass is 409 g/mol. The summed E-state index contributed by atoms with van der Waals surface area (Å²) in [5.41, 5.74) is 13.2. The molecule has 0 saturated carbocycles. The zero-order valence-corrected chi connectivity index (χ0v) is 18.6. The highest BCUT2D eigenvalue weighted by Gasteiger charge is 2.35. The summed E-state index contributed by atoms with van der Waals surface area (Å²) in [6, 6.07) is 27.1. The molecule has 0 aliphatic heterocycles. The fraction of sp³-hybridized carbons (Fsp3) is 0.161. The lowest BCUT2D eigenvalue weighted by molar-refractivity contribution is 0.661. The lowest BCUT2D eigenvalue weighted by atomic mass is 9.82. The molecule has 5 aromatic rings. The minimum absolute atomic E-state index is 0.0120. The summed E-state index contributed by atoms with van der Waals surface area (Å²) in [6.07, 6.45) is 0.807. The minimum atomic E-state index is 0.0120. The second kappa shape index (κ2) is 5.93. The number of benzene rings is 4. The molecular formula is C31H23N. The van der Waals surface area contributed by atoms with E-state index in [-0.39, 0.29) is 5.41 Å². The highest BCUT2D eigenvalue weighted by Crippen LogP contribution is 2.50. The van der Waals surface area contributed by atoms with E-state index in [2.05, 4.69) is 110 Å². The average molecular weight is 410 g/mol. The maximum absolute atomic E-state index is 3.46. The lowest BCUT2D eigenvalue weighted by Crippen LogP contribution is -2.14. The molecule has 2 aliphatic carbocycles. The van der Waals surface area contributed by atoms with Gasteiger partial charge in [0.05, 0.1) is 0 Å². The molecule has 1 heterocycles. The standard InChI is InChI=1S/C31H23N/c1-31(2)27-14-7-6-13-22(27)24-16-26-25-15-20-11-8-10-19-9-4-5-12-21(19)23(20)17-29(25)32(3)30(26)18-28(24)31/h4-7,9,12-18H,10H2,1-3H3. The van der Waals surface area contributed by atoms with Gasteiger partial charge in [-0.05, 0) is 63.2 Å². The van der Waals surface area contributed by atoms with Gasteiger partial charge in [-0.25, -0.2) is 0 Å². The van der Waals surface area contributed by atoms with E-state index in [1.165, 1.54) is 60.8 Å². The van der Waals surface area contributed by atoms with Crippen LogP contribution in [0.15, 0.2) is 72.8 Å². The Morgan fingerprint density at radius 1 is 0.719 bits per heavy atom. The third-order valence-electron chi connectivity index (χ3n) is 7.66. The number of nitrogens with zero attached hydrogens (tertiary/aromatic N) is 1. The number of rotatable bonds is 0. The van der Waals surface area contributed by atoms with E-state index in [1.54, 1.807) is 0 Å². The smallest absolute Gasteiger partial charge is 0.0495 e. The van der Waals surface area contributed by atoms with Gasteiger partial charge < -0.3 is 4.57 Å². The molecule has 4 aromatic carbocycles. The number of hydrogen-bond donors (Lipinski definition) is 0. The molecular weight excluding hydrogens is 386 g/mol. The highest BCUT2D eigenvalue weighted by atomic mass is 14.9. The van der Waals surface area contributed by atoms with E-state index >= 15 is 0 Å². The molecule has 1 aromatic heterocycles. The summed E-state index contributed by atoms with van der Waals surface area (Å²) >= 11 is 0. The van der Waals surface area contributed by atoms with Gasteiger partial charge in [-0.2, -0.15) is 0 Å². The van der Waals surface area contributed by atoms with Crippen molar-refractivity contribution >= 4 is 21.8 Å². The minimum Gasteiger partial charge on any atom is -0.344 e. The molecule has 1 nitrogen and oxygen atoms in total. The molecule has 0 N–H and O–H groups in total. The largest absolute Gasteiger partial charge is 0.344 e. The summed E-state index contributed by atoms with van der Waals surface area (Å²) in [5, 5.41) is 2.61. The van der Waals surface area contributed by atoms with Crippen molar-refractivity contribution in [2.75, 3.05) is 0 Å². The van der Waals surface area contributed by atoms with E-state index in [1.807, 2.05) is 0 Å². The van der Waals surface area contributed by atoms with Gasteiger partial charge in [0.25, 0.3) is 0 Å². The first-order valence-corrected chi connectivity index (χ1v) is 11.3. The van der Waals surface area contributed by atoms with Gasteiger partial charge in [-0.3, -0.25) is 0 Å². The number of aryl methyl sites for hydroxylation is 1. The Morgan fingerprint density at radius 2 is 1.44 bits per heavy atom. The van der Waals surface area contributed by atoms with Crippen LogP contribution in [0.1, 0.15) is 36.1 Å². The summed E-state index contributed by atoms with van der Waals surface area (Å²) in [7, 11) is 2.20. The zero-order chi connectivity index (χ0) is 21.6. The summed E-state index contributed by atoms with van der Waals surface area (Å²) in [6.45, 7) is 4.70. The van der Waals surface area contributed by atoms with E-state index in [9.17, 15) is 0 Å². The fourth-order valence-corrected chi connectivity index (χ4v) is 5.94. The molecule has 0 fully saturated rings. The molecule has 32 heavy (non-hydrogen) atoms.